The lowest BCUT2D eigenvalue weighted by Gasteiger charge is -2.26. The third-order valence-electron chi connectivity index (χ3n) is 3.64. The first-order valence-corrected chi connectivity index (χ1v) is 7.03. The Morgan fingerprint density at radius 1 is 1.10 bits per heavy atom. The molecule has 2 aromatic rings. The van der Waals surface area contributed by atoms with Gasteiger partial charge in [-0.1, -0.05) is 24.3 Å². The monoisotopic (exact) mass is 290 g/mol. The molecule has 3 rings (SSSR count). The smallest absolute Gasteiger partial charge is 0.201 e. The Hall–Kier alpha value is -1.94. The zero-order valence-electron chi connectivity index (χ0n) is 11.7. The summed E-state index contributed by atoms with van der Waals surface area (Å²) in [5.41, 5.74) is 1.94. The van der Waals surface area contributed by atoms with Crippen LogP contribution in [0.4, 0.5) is 8.78 Å². The topological polar surface area (TPSA) is 18.5 Å². The van der Waals surface area contributed by atoms with Crippen molar-refractivity contribution in [3.05, 3.63) is 53.6 Å². The molecule has 0 bridgehead atoms. The van der Waals surface area contributed by atoms with E-state index in [1.165, 1.54) is 12.1 Å². The van der Waals surface area contributed by atoms with Crippen molar-refractivity contribution in [2.75, 3.05) is 13.2 Å². The predicted octanol–water partition coefficient (Wildman–Crippen LogP) is 4.49. The average Bonchev–Trinajstić information content (AvgIpc) is 2.44. The molecule has 0 aliphatic carbocycles. The lowest BCUT2D eigenvalue weighted by molar-refractivity contribution is -0.0527. The molecule has 0 N–H and O–H groups in total. The molecule has 1 aliphatic heterocycles. The first-order chi connectivity index (χ1) is 10.2. The van der Waals surface area contributed by atoms with Gasteiger partial charge in [0.25, 0.3) is 0 Å². The van der Waals surface area contributed by atoms with Gasteiger partial charge in [0.2, 0.25) is 5.82 Å². The molecular weight excluding hydrogens is 274 g/mol. The SMILES string of the molecule is CCOc1ccc(-c2ccc(C3CCO3)cc2)c(F)c1F. The van der Waals surface area contributed by atoms with Gasteiger partial charge in [-0.25, -0.2) is 4.39 Å². The van der Waals surface area contributed by atoms with E-state index in [1.54, 1.807) is 19.1 Å². The summed E-state index contributed by atoms with van der Waals surface area (Å²) < 4.78 is 38.5. The molecule has 4 heteroatoms. The lowest BCUT2D eigenvalue weighted by atomic mass is 9.98. The largest absolute Gasteiger partial charge is 0.491 e. The van der Waals surface area contributed by atoms with Crippen LogP contribution in [0.2, 0.25) is 0 Å². The minimum Gasteiger partial charge on any atom is -0.491 e. The second-order valence-electron chi connectivity index (χ2n) is 4.94. The second kappa shape index (κ2) is 5.82. The highest BCUT2D eigenvalue weighted by Gasteiger charge is 2.20. The molecule has 0 radical (unpaired) electrons. The van der Waals surface area contributed by atoms with Gasteiger partial charge in [0.1, 0.15) is 0 Å². The molecular formula is C17H16F2O2. The van der Waals surface area contributed by atoms with Gasteiger partial charge < -0.3 is 9.47 Å². The Morgan fingerprint density at radius 3 is 2.38 bits per heavy atom. The number of hydrogen-bond donors (Lipinski definition) is 0. The minimum absolute atomic E-state index is 0.0572. The van der Waals surface area contributed by atoms with Crippen molar-refractivity contribution in [1.29, 1.82) is 0 Å². The summed E-state index contributed by atoms with van der Waals surface area (Å²) in [6.45, 7) is 2.81. The lowest BCUT2D eigenvalue weighted by Crippen LogP contribution is -2.17. The Kier molecular flexibility index (Phi) is 3.88. The first kappa shape index (κ1) is 14.0. The highest BCUT2D eigenvalue weighted by molar-refractivity contribution is 5.65. The van der Waals surface area contributed by atoms with E-state index in [4.69, 9.17) is 9.47 Å². The summed E-state index contributed by atoms with van der Waals surface area (Å²) in [5.74, 6) is -1.88. The van der Waals surface area contributed by atoms with Crippen LogP contribution in [0.3, 0.4) is 0 Å². The van der Waals surface area contributed by atoms with Gasteiger partial charge in [-0.15, -0.1) is 0 Å². The quantitative estimate of drug-likeness (QED) is 0.826. The van der Waals surface area contributed by atoms with Crippen LogP contribution in [0, 0.1) is 11.6 Å². The summed E-state index contributed by atoms with van der Waals surface area (Å²) in [6, 6.07) is 10.4. The fourth-order valence-electron chi connectivity index (χ4n) is 2.40. The number of hydrogen-bond acceptors (Lipinski definition) is 2. The maximum atomic E-state index is 14.1. The average molecular weight is 290 g/mol. The Bertz CT molecular complexity index is 634. The van der Waals surface area contributed by atoms with Crippen LogP contribution in [0.1, 0.15) is 25.0 Å². The van der Waals surface area contributed by atoms with Crippen molar-refractivity contribution in [3.63, 3.8) is 0 Å². The van der Waals surface area contributed by atoms with E-state index in [9.17, 15) is 8.78 Å². The Morgan fingerprint density at radius 2 is 1.81 bits per heavy atom. The molecule has 1 saturated heterocycles. The summed E-state index contributed by atoms with van der Waals surface area (Å²) in [7, 11) is 0. The number of ether oxygens (including phenoxy) is 2. The van der Waals surface area contributed by atoms with E-state index in [2.05, 4.69) is 0 Å². The van der Waals surface area contributed by atoms with Crippen LogP contribution in [0.25, 0.3) is 11.1 Å². The minimum atomic E-state index is -0.944. The molecule has 0 spiro atoms. The van der Waals surface area contributed by atoms with Crippen LogP contribution in [-0.2, 0) is 4.74 Å². The summed E-state index contributed by atoms with van der Waals surface area (Å²) >= 11 is 0. The van der Waals surface area contributed by atoms with Crippen LogP contribution in [0.5, 0.6) is 5.75 Å². The third-order valence-corrected chi connectivity index (χ3v) is 3.64. The van der Waals surface area contributed by atoms with Gasteiger partial charge in [0.15, 0.2) is 11.6 Å². The maximum absolute atomic E-state index is 14.1. The van der Waals surface area contributed by atoms with Gasteiger partial charge >= 0.3 is 0 Å². The fourth-order valence-corrected chi connectivity index (χ4v) is 2.40. The molecule has 21 heavy (non-hydrogen) atoms. The van der Waals surface area contributed by atoms with Crippen molar-refractivity contribution in [2.24, 2.45) is 0 Å². The van der Waals surface area contributed by atoms with E-state index in [1.807, 2.05) is 12.1 Å². The molecule has 1 heterocycles. The molecule has 2 aromatic carbocycles. The zero-order valence-corrected chi connectivity index (χ0v) is 11.7. The molecule has 0 amide bonds. The summed E-state index contributed by atoms with van der Waals surface area (Å²) in [6.07, 6.45) is 1.15. The maximum Gasteiger partial charge on any atom is 0.201 e. The van der Waals surface area contributed by atoms with Crippen molar-refractivity contribution < 1.29 is 18.3 Å². The van der Waals surface area contributed by atoms with E-state index >= 15 is 0 Å². The predicted molar refractivity (Wildman–Crippen MR) is 76.3 cm³/mol. The Labute approximate surface area is 122 Å². The van der Waals surface area contributed by atoms with E-state index < -0.39 is 11.6 Å². The molecule has 1 unspecified atom stereocenters. The molecule has 0 aromatic heterocycles. The standard InChI is InChI=1S/C17H16F2O2/c1-2-20-15-8-7-13(16(18)17(15)19)11-3-5-12(6-4-11)14-9-10-21-14/h3-8,14H,2,9-10H2,1H3. The van der Waals surface area contributed by atoms with Crippen LogP contribution < -0.4 is 4.74 Å². The van der Waals surface area contributed by atoms with Gasteiger partial charge in [-0.05, 0) is 30.2 Å². The van der Waals surface area contributed by atoms with Gasteiger partial charge in [0.05, 0.1) is 19.3 Å². The molecule has 1 atom stereocenters. The molecule has 110 valence electrons. The molecule has 1 aliphatic rings. The highest BCUT2D eigenvalue weighted by atomic mass is 19.2. The third kappa shape index (κ3) is 2.63. The van der Waals surface area contributed by atoms with Crippen LogP contribution in [0.15, 0.2) is 36.4 Å². The number of benzene rings is 2. The second-order valence-corrected chi connectivity index (χ2v) is 4.94. The highest BCUT2D eigenvalue weighted by Crippen LogP contribution is 2.33. The van der Waals surface area contributed by atoms with Gasteiger partial charge in [0, 0.05) is 12.0 Å². The van der Waals surface area contributed by atoms with Crippen molar-refractivity contribution in [2.45, 2.75) is 19.4 Å². The number of rotatable bonds is 4. The van der Waals surface area contributed by atoms with Crippen molar-refractivity contribution in [3.8, 4) is 16.9 Å². The van der Waals surface area contributed by atoms with Crippen LogP contribution in [-0.4, -0.2) is 13.2 Å². The normalized spacial score (nSPS) is 17.4. The van der Waals surface area contributed by atoms with Gasteiger partial charge in [-0.3, -0.25) is 0 Å². The zero-order chi connectivity index (χ0) is 14.8. The summed E-state index contributed by atoms with van der Waals surface area (Å²) in [4.78, 5) is 0. The van der Waals surface area contributed by atoms with E-state index in [-0.39, 0.29) is 17.4 Å². The number of halogens is 2. The van der Waals surface area contributed by atoms with E-state index in [0.29, 0.717) is 12.2 Å². The van der Waals surface area contributed by atoms with Gasteiger partial charge in [-0.2, -0.15) is 4.39 Å². The Balaban J connectivity index is 1.90. The molecule has 0 saturated carbocycles. The van der Waals surface area contributed by atoms with Crippen LogP contribution >= 0.6 is 0 Å². The van der Waals surface area contributed by atoms with Crippen molar-refractivity contribution >= 4 is 0 Å². The summed E-state index contributed by atoms with van der Waals surface area (Å²) in [5, 5.41) is 0. The fraction of sp³-hybridized carbons (Fsp3) is 0.294. The van der Waals surface area contributed by atoms with E-state index in [0.717, 1.165) is 18.6 Å². The molecule has 2 nitrogen and oxygen atoms in total. The molecule has 1 fully saturated rings. The van der Waals surface area contributed by atoms with Crippen molar-refractivity contribution in [1.82, 2.24) is 0 Å². The first-order valence-electron chi connectivity index (χ1n) is 7.03.